The monoisotopic (exact) mass is 312 g/mol. The van der Waals surface area contributed by atoms with Crippen molar-refractivity contribution in [2.24, 2.45) is 0 Å². The molecule has 1 aliphatic heterocycles. The van der Waals surface area contributed by atoms with Gasteiger partial charge in [-0.2, -0.15) is 0 Å². The summed E-state index contributed by atoms with van der Waals surface area (Å²) < 4.78 is 10.8. The molecule has 0 bridgehead atoms. The van der Waals surface area contributed by atoms with E-state index in [1.807, 2.05) is 0 Å². The Morgan fingerprint density at radius 3 is 2.45 bits per heavy atom. The number of benzene rings is 1. The molecule has 2 rings (SSSR count). The summed E-state index contributed by atoms with van der Waals surface area (Å²) in [6.07, 6.45) is -6.66. The fraction of sp³-hybridized carbons (Fsp3) is 0.533. The second-order valence-corrected chi connectivity index (χ2v) is 5.35. The summed E-state index contributed by atoms with van der Waals surface area (Å²) in [4.78, 5) is 11.3. The van der Waals surface area contributed by atoms with Crippen molar-refractivity contribution in [1.82, 2.24) is 0 Å². The number of aliphatic hydroxyl groups excluding tert-OH is 4. The predicted molar refractivity (Wildman–Crippen MR) is 75.6 cm³/mol. The van der Waals surface area contributed by atoms with Crippen LogP contribution in [0.1, 0.15) is 22.8 Å². The van der Waals surface area contributed by atoms with Gasteiger partial charge in [-0.1, -0.05) is 0 Å². The van der Waals surface area contributed by atoms with Crippen LogP contribution in [0.2, 0.25) is 0 Å². The zero-order valence-electron chi connectivity index (χ0n) is 12.3. The zero-order valence-corrected chi connectivity index (χ0v) is 12.3. The van der Waals surface area contributed by atoms with E-state index >= 15 is 0 Å². The minimum Gasteiger partial charge on any atom is -0.462 e. The van der Waals surface area contributed by atoms with Crippen LogP contribution < -0.4 is 4.74 Å². The van der Waals surface area contributed by atoms with Crippen LogP contribution in [0, 0.1) is 6.92 Å². The third kappa shape index (κ3) is 3.29. The summed E-state index contributed by atoms with van der Waals surface area (Å²) in [6, 6.07) is 4.78. The molecule has 0 saturated carbocycles. The van der Waals surface area contributed by atoms with E-state index < -0.39 is 37.3 Å². The van der Waals surface area contributed by atoms with E-state index in [2.05, 4.69) is 0 Å². The Morgan fingerprint density at radius 1 is 1.23 bits per heavy atom. The van der Waals surface area contributed by atoms with Crippen LogP contribution in [0.3, 0.4) is 0 Å². The fourth-order valence-electron chi connectivity index (χ4n) is 2.29. The first-order valence-electron chi connectivity index (χ1n) is 6.94. The molecule has 22 heavy (non-hydrogen) atoms. The molecule has 4 N–H and O–H groups in total. The predicted octanol–water partition coefficient (Wildman–Crippen LogP) is -0.624. The molecule has 7 heteroatoms. The van der Waals surface area contributed by atoms with Crippen LogP contribution in [0.5, 0.6) is 5.75 Å². The van der Waals surface area contributed by atoms with Crippen LogP contribution in [-0.4, -0.2) is 63.5 Å². The van der Waals surface area contributed by atoms with Gasteiger partial charge < -0.3 is 29.9 Å². The molecular formula is C15H20O7. The quantitative estimate of drug-likeness (QED) is 0.547. The van der Waals surface area contributed by atoms with Gasteiger partial charge in [-0.3, -0.25) is 4.79 Å². The van der Waals surface area contributed by atoms with Gasteiger partial charge in [0, 0.05) is 5.56 Å². The Labute approximate surface area is 127 Å². The topological polar surface area (TPSA) is 116 Å². The molecule has 1 aromatic carbocycles. The minimum atomic E-state index is -1.49. The first-order chi connectivity index (χ1) is 10.3. The van der Waals surface area contributed by atoms with Crippen molar-refractivity contribution in [3.8, 4) is 5.75 Å². The van der Waals surface area contributed by atoms with Crippen LogP contribution >= 0.6 is 0 Å². The van der Waals surface area contributed by atoms with E-state index in [1.54, 1.807) is 25.1 Å². The molecule has 0 unspecified atom stereocenters. The van der Waals surface area contributed by atoms with Gasteiger partial charge in [0.05, 0.1) is 6.61 Å². The summed E-state index contributed by atoms with van der Waals surface area (Å²) in [5, 5.41) is 38.5. The third-order valence-electron chi connectivity index (χ3n) is 3.67. The zero-order chi connectivity index (χ0) is 16.4. The van der Waals surface area contributed by atoms with Gasteiger partial charge in [0.1, 0.15) is 30.2 Å². The Kier molecular flexibility index (Phi) is 5.15. The maximum absolute atomic E-state index is 11.3. The van der Waals surface area contributed by atoms with E-state index in [1.165, 1.54) is 6.92 Å². The summed E-state index contributed by atoms with van der Waals surface area (Å²) in [5.74, 6) is 0.289. The highest BCUT2D eigenvalue weighted by molar-refractivity contribution is 5.94. The summed E-state index contributed by atoms with van der Waals surface area (Å²) >= 11 is 0. The fourth-order valence-corrected chi connectivity index (χ4v) is 2.29. The highest BCUT2D eigenvalue weighted by Gasteiger charge is 2.44. The number of aryl methyl sites for hydroxylation is 1. The van der Waals surface area contributed by atoms with Crippen LogP contribution in [0.25, 0.3) is 0 Å². The molecule has 1 aromatic rings. The Hall–Kier alpha value is -1.51. The van der Waals surface area contributed by atoms with E-state index in [9.17, 15) is 20.1 Å². The van der Waals surface area contributed by atoms with Crippen molar-refractivity contribution < 1.29 is 34.7 Å². The number of ether oxygens (including phenoxy) is 2. The van der Waals surface area contributed by atoms with Gasteiger partial charge in [0.2, 0.25) is 6.29 Å². The maximum Gasteiger partial charge on any atom is 0.229 e. The highest BCUT2D eigenvalue weighted by atomic mass is 16.7. The number of carbonyl (C=O) groups is 1. The van der Waals surface area contributed by atoms with E-state index in [-0.39, 0.29) is 5.78 Å². The average Bonchev–Trinajstić information content (AvgIpc) is 2.49. The lowest BCUT2D eigenvalue weighted by atomic mass is 9.99. The van der Waals surface area contributed by atoms with Crippen LogP contribution in [-0.2, 0) is 4.74 Å². The molecule has 0 aromatic heterocycles. The molecule has 0 amide bonds. The molecule has 0 aliphatic carbocycles. The second-order valence-electron chi connectivity index (χ2n) is 5.35. The van der Waals surface area contributed by atoms with Gasteiger partial charge in [-0.15, -0.1) is 0 Å². The van der Waals surface area contributed by atoms with Gasteiger partial charge >= 0.3 is 0 Å². The largest absolute Gasteiger partial charge is 0.462 e. The number of rotatable bonds is 4. The lowest BCUT2D eigenvalue weighted by Gasteiger charge is -2.39. The third-order valence-corrected chi connectivity index (χ3v) is 3.67. The summed E-state index contributed by atoms with van der Waals surface area (Å²) in [5.41, 5.74) is 1.18. The Morgan fingerprint density at radius 2 is 1.91 bits per heavy atom. The highest BCUT2D eigenvalue weighted by Crippen LogP contribution is 2.26. The average molecular weight is 312 g/mol. The molecule has 0 spiro atoms. The number of Topliss-reactive ketones (excluding diaryl/α,β-unsaturated/α-hetero) is 1. The number of ketones is 1. The van der Waals surface area contributed by atoms with E-state index in [0.717, 1.165) is 0 Å². The molecule has 5 atom stereocenters. The molecule has 0 radical (unpaired) electrons. The molecule has 1 fully saturated rings. The number of hydrogen-bond donors (Lipinski definition) is 4. The Balaban J connectivity index is 2.17. The number of carbonyl (C=O) groups excluding carboxylic acids is 1. The molecule has 1 heterocycles. The smallest absolute Gasteiger partial charge is 0.229 e. The van der Waals surface area contributed by atoms with Gasteiger partial charge in [0.25, 0.3) is 0 Å². The summed E-state index contributed by atoms with van der Waals surface area (Å²) in [6.45, 7) is 2.66. The van der Waals surface area contributed by atoms with Crippen molar-refractivity contribution in [1.29, 1.82) is 0 Å². The molecular weight excluding hydrogens is 292 g/mol. The maximum atomic E-state index is 11.3. The molecule has 1 aliphatic rings. The standard InChI is InChI=1S/C15H20O7/c1-7-5-9(8(2)17)3-4-10(7)21-15-14(20)13(19)12(18)11(6-16)22-15/h3-5,11-16,18-20H,6H2,1-2H3/t11-,12-,13+,14-,15-/m1/s1. The second kappa shape index (κ2) is 6.72. The van der Waals surface area contributed by atoms with Gasteiger partial charge in [0.15, 0.2) is 5.78 Å². The lowest BCUT2D eigenvalue weighted by Crippen LogP contribution is -2.60. The first-order valence-corrected chi connectivity index (χ1v) is 6.94. The van der Waals surface area contributed by atoms with Crippen molar-refractivity contribution in [3.05, 3.63) is 29.3 Å². The van der Waals surface area contributed by atoms with E-state index in [4.69, 9.17) is 14.6 Å². The van der Waals surface area contributed by atoms with Gasteiger partial charge in [-0.25, -0.2) is 0 Å². The number of hydrogen-bond acceptors (Lipinski definition) is 7. The first kappa shape index (κ1) is 16.9. The van der Waals surface area contributed by atoms with Crippen molar-refractivity contribution in [2.45, 2.75) is 44.6 Å². The van der Waals surface area contributed by atoms with Crippen molar-refractivity contribution in [2.75, 3.05) is 6.61 Å². The van der Waals surface area contributed by atoms with Crippen molar-refractivity contribution in [3.63, 3.8) is 0 Å². The normalized spacial score (nSPS) is 31.8. The SMILES string of the molecule is CC(=O)c1ccc(O[C@@H]2O[C@H](CO)[C@@H](O)[C@H](O)[C@H]2O)c(C)c1. The number of aliphatic hydroxyl groups is 4. The minimum absolute atomic E-state index is 0.0810. The van der Waals surface area contributed by atoms with E-state index in [0.29, 0.717) is 16.9 Å². The van der Waals surface area contributed by atoms with Crippen LogP contribution in [0.15, 0.2) is 18.2 Å². The Bertz CT molecular complexity index is 543. The van der Waals surface area contributed by atoms with Gasteiger partial charge in [-0.05, 0) is 37.6 Å². The van der Waals surface area contributed by atoms with Crippen LogP contribution in [0.4, 0.5) is 0 Å². The molecule has 7 nitrogen and oxygen atoms in total. The van der Waals surface area contributed by atoms with Crippen molar-refractivity contribution >= 4 is 5.78 Å². The molecule has 1 saturated heterocycles. The molecule has 122 valence electrons. The summed E-state index contributed by atoms with van der Waals surface area (Å²) in [7, 11) is 0. The lowest BCUT2D eigenvalue weighted by molar-refractivity contribution is -0.277.